The number of aryl methyl sites for hydroxylation is 1. The van der Waals surface area contributed by atoms with Gasteiger partial charge in [0.2, 0.25) is 15.9 Å². The Balaban J connectivity index is 1.80. The van der Waals surface area contributed by atoms with Crippen LogP contribution in [0.1, 0.15) is 31.7 Å². The van der Waals surface area contributed by atoms with Crippen LogP contribution < -0.4 is 9.62 Å². The number of nitrogens with one attached hydrogen (secondary N) is 1. The first-order valence-electron chi connectivity index (χ1n) is 7.78. The quantitative estimate of drug-likeness (QED) is 0.925. The van der Waals surface area contributed by atoms with E-state index in [0.29, 0.717) is 12.5 Å². The van der Waals surface area contributed by atoms with Crippen LogP contribution in [0.4, 0.5) is 11.4 Å². The van der Waals surface area contributed by atoms with Crippen molar-refractivity contribution in [1.29, 1.82) is 0 Å². The van der Waals surface area contributed by atoms with Crippen LogP contribution >= 0.6 is 0 Å². The number of hydrogen-bond donors (Lipinski definition) is 1. The monoisotopic (exact) mass is 322 g/mol. The maximum Gasteiger partial charge on any atom is 0.232 e. The summed E-state index contributed by atoms with van der Waals surface area (Å²) in [6.45, 7) is 2.49. The number of carbonyl (C=O) groups excluding carboxylic acids is 1. The molecule has 0 aromatic heterocycles. The molecule has 3 rings (SSSR count). The second kappa shape index (κ2) is 5.57. The highest BCUT2D eigenvalue weighted by molar-refractivity contribution is 7.92. The fourth-order valence-electron chi connectivity index (χ4n) is 3.05. The Kier molecular flexibility index (Phi) is 3.89. The SMILES string of the molecule is CC(C(=O)Nc1ccc2c(c1)CCCN2S(C)(=O)=O)C1CC1. The molecule has 0 bridgehead atoms. The molecule has 1 aromatic rings. The molecule has 1 N–H and O–H groups in total. The van der Waals surface area contributed by atoms with Crippen LogP contribution in [0, 0.1) is 11.8 Å². The van der Waals surface area contributed by atoms with Crippen molar-refractivity contribution < 1.29 is 13.2 Å². The van der Waals surface area contributed by atoms with Gasteiger partial charge in [0.25, 0.3) is 0 Å². The maximum atomic E-state index is 12.2. The van der Waals surface area contributed by atoms with Crippen LogP contribution in [-0.4, -0.2) is 27.1 Å². The molecule has 2 aliphatic rings. The molecule has 0 saturated heterocycles. The fourth-order valence-corrected chi connectivity index (χ4v) is 4.05. The van der Waals surface area contributed by atoms with Gasteiger partial charge in [-0.1, -0.05) is 6.92 Å². The second-order valence-electron chi connectivity index (χ2n) is 6.40. The van der Waals surface area contributed by atoms with Crippen molar-refractivity contribution in [3.63, 3.8) is 0 Å². The Morgan fingerprint density at radius 2 is 2.09 bits per heavy atom. The molecule has 1 unspecified atom stereocenters. The van der Waals surface area contributed by atoms with E-state index in [0.717, 1.165) is 42.6 Å². The van der Waals surface area contributed by atoms with Gasteiger partial charge in [0.1, 0.15) is 0 Å². The molecule has 0 radical (unpaired) electrons. The molecule has 1 aromatic carbocycles. The Bertz CT molecular complexity index is 695. The van der Waals surface area contributed by atoms with Crippen molar-refractivity contribution in [1.82, 2.24) is 0 Å². The zero-order chi connectivity index (χ0) is 15.9. The number of rotatable bonds is 4. The minimum Gasteiger partial charge on any atom is -0.326 e. The lowest BCUT2D eigenvalue weighted by Gasteiger charge is -2.29. The number of anilines is 2. The summed E-state index contributed by atoms with van der Waals surface area (Å²) >= 11 is 0. The van der Waals surface area contributed by atoms with E-state index in [-0.39, 0.29) is 11.8 Å². The van der Waals surface area contributed by atoms with E-state index in [4.69, 9.17) is 0 Å². The van der Waals surface area contributed by atoms with Crippen molar-refractivity contribution >= 4 is 27.3 Å². The molecule has 120 valence electrons. The maximum absolute atomic E-state index is 12.2. The van der Waals surface area contributed by atoms with Crippen LogP contribution in [0.3, 0.4) is 0 Å². The zero-order valence-corrected chi connectivity index (χ0v) is 13.8. The summed E-state index contributed by atoms with van der Waals surface area (Å²) in [5, 5.41) is 2.96. The highest BCUT2D eigenvalue weighted by atomic mass is 32.2. The third kappa shape index (κ3) is 3.11. The van der Waals surface area contributed by atoms with Crippen LogP contribution in [-0.2, 0) is 21.2 Å². The van der Waals surface area contributed by atoms with E-state index < -0.39 is 10.0 Å². The lowest BCUT2D eigenvalue weighted by molar-refractivity contribution is -0.119. The number of carbonyl (C=O) groups is 1. The summed E-state index contributed by atoms with van der Waals surface area (Å²) in [6.07, 6.45) is 5.15. The van der Waals surface area contributed by atoms with Crippen molar-refractivity contribution in [3.8, 4) is 0 Å². The lowest BCUT2D eigenvalue weighted by atomic mass is 10.0. The first-order valence-corrected chi connectivity index (χ1v) is 9.62. The van der Waals surface area contributed by atoms with E-state index in [1.54, 1.807) is 12.1 Å². The smallest absolute Gasteiger partial charge is 0.232 e. The van der Waals surface area contributed by atoms with Crippen LogP contribution in [0.2, 0.25) is 0 Å². The van der Waals surface area contributed by atoms with Gasteiger partial charge in [-0.2, -0.15) is 0 Å². The van der Waals surface area contributed by atoms with Crippen LogP contribution in [0.25, 0.3) is 0 Å². The van der Waals surface area contributed by atoms with E-state index in [9.17, 15) is 13.2 Å². The average molecular weight is 322 g/mol. The molecule has 1 amide bonds. The van der Waals surface area contributed by atoms with Gasteiger partial charge < -0.3 is 5.32 Å². The summed E-state index contributed by atoms with van der Waals surface area (Å²) in [5.74, 6) is 0.625. The first kappa shape index (κ1) is 15.3. The van der Waals surface area contributed by atoms with E-state index >= 15 is 0 Å². The van der Waals surface area contributed by atoms with Crippen molar-refractivity contribution in [2.75, 3.05) is 22.4 Å². The number of nitrogens with zero attached hydrogens (tertiary/aromatic N) is 1. The third-order valence-corrected chi connectivity index (χ3v) is 5.75. The summed E-state index contributed by atoms with van der Waals surface area (Å²) in [4.78, 5) is 12.2. The molecule has 1 aliphatic carbocycles. The largest absolute Gasteiger partial charge is 0.326 e. The van der Waals surface area contributed by atoms with Crippen molar-refractivity contribution in [2.24, 2.45) is 11.8 Å². The summed E-state index contributed by atoms with van der Waals surface area (Å²) < 4.78 is 25.1. The second-order valence-corrected chi connectivity index (χ2v) is 8.30. The summed E-state index contributed by atoms with van der Waals surface area (Å²) in [6, 6.07) is 5.50. The fraction of sp³-hybridized carbons (Fsp3) is 0.562. The van der Waals surface area contributed by atoms with E-state index in [1.165, 1.54) is 10.6 Å². The molecule has 1 atom stereocenters. The Hall–Kier alpha value is -1.56. The molecule has 5 nitrogen and oxygen atoms in total. The molecule has 6 heteroatoms. The molecule has 0 spiro atoms. The third-order valence-electron chi connectivity index (χ3n) is 4.57. The average Bonchev–Trinajstić information content (AvgIpc) is 3.29. The summed E-state index contributed by atoms with van der Waals surface area (Å²) in [5.41, 5.74) is 2.47. The highest BCUT2D eigenvalue weighted by Gasteiger charge is 2.32. The van der Waals surface area contributed by atoms with Gasteiger partial charge in [-0.3, -0.25) is 9.10 Å². The Labute approximate surface area is 131 Å². The molecule has 1 fully saturated rings. The molecular formula is C16H22N2O3S. The van der Waals surface area contributed by atoms with Gasteiger partial charge in [0.15, 0.2) is 0 Å². The number of amides is 1. The molecular weight excluding hydrogens is 300 g/mol. The minimum absolute atomic E-state index is 0.0450. The molecule has 1 saturated carbocycles. The van der Waals surface area contributed by atoms with E-state index in [2.05, 4.69) is 5.32 Å². The van der Waals surface area contributed by atoms with Gasteiger partial charge in [-0.15, -0.1) is 0 Å². The highest BCUT2D eigenvalue weighted by Crippen LogP contribution is 2.37. The Morgan fingerprint density at radius 3 is 2.73 bits per heavy atom. The van der Waals surface area contributed by atoms with Crippen molar-refractivity contribution in [3.05, 3.63) is 23.8 Å². The van der Waals surface area contributed by atoms with Gasteiger partial charge in [0, 0.05) is 18.2 Å². The topological polar surface area (TPSA) is 66.5 Å². The predicted molar refractivity (Wildman–Crippen MR) is 87.5 cm³/mol. The molecule has 22 heavy (non-hydrogen) atoms. The van der Waals surface area contributed by atoms with Crippen molar-refractivity contribution in [2.45, 2.75) is 32.6 Å². The number of sulfonamides is 1. The lowest BCUT2D eigenvalue weighted by Crippen LogP contribution is -2.34. The van der Waals surface area contributed by atoms with Gasteiger partial charge in [-0.05, 0) is 55.4 Å². The zero-order valence-electron chi connectivity index (χ0n) is 13.0. The summed E-state index contributed by atoms with van der Waals surface area (Å²) in [7, 11) is -3.25. The van der Waals surface area contributed by atoms with Gasteiger partial charge >= 0.3 is 0 Å². The predicted octanol–water partition coefficient (Wildman–Crippen LogP) is 2.38. The minimum atomic E-state index is -3.25. The number of benzene rings is 1. The Morgan fingerprint density at radius 1 is 1.36 bits per heavy atom. The van der Waals surface area contributed by atoms with Gasteiger partial charge in [-0.25, -0.2) is 8.42 Å². The van der Waals surface area contributed by atoms with Gasteiger partial charge in [0.05, 0.1) is 11.9 Å². The first-order chi connectivity index (χ1) is 10.4. The molecule has 1 aliphatic heterocycles. The molecule has 1 heterocycles. The van der Waals surface area contributed by atoms with E-state index in [1.807, 2.05) is 13.0 Å². The standard InChI is InChI=1S/C16H22N2O3S/c1-11(12-5-6-12)16(19)17-14-7-8-15-13(10-14)4-3-9-18(15)22(2,20)21/h7-8,10-12H,3-6,9H2,1-2H3,(H,17,19). The number of fused-ring (bicyclic) bond motifs is 1. The number of hydrogen-bond acceptors (Lipinski definition) is 3. The van der Waals surface area contributed by atoms with Crippen LogP contribution in [0.15, 0.2) is 18.2 Å². The van der Waals surface area contributed by atoms with Crippen LogP contribution in [0.5, 0.6) is 0 Å². The normalized spacial score (nSPS) is 19.5.